The maximum atomic E-state index is 12.9. The van der Waals surface area contributed by atoms with Gasteiger partial charge in [-0.3, -0.25) is 4.79 Å². The molecule has 1 aliphatic rings. The average Bonchev–Trinajstić information content (AvgIpc) is 2.58. The summed E-state index contributed by atoms with van der Waals surface area (Å²) < 4.78 is 77.2. The van der Waals surface area contributed by atoms with Crippen molar-refractivity contribution < 1.29 is 31.1 Å². The molecule has 0 aliphatic carbocycles. The lowest BCUT2D eigenvalue weighted by Crippen LogP contribution is -2.38. The second-order valence-corrected chi connectivity index (χ2v) is 6.31. The molecule has 1 fully saturated rings. The lowest BCUT2D eigenvalue weighted by molar-refractivity contribution is -0.143. The fourth-order valence-electron chi connectivity index (χ4n) is 2.90. The number of nitrogens with one attached hydrogen (secondary N) is 1. The summed E-state index contributed by atoms with van der Waals surface area (Å²) in [7, 11) is 0. The predicted octanol–water partition coefficient (Wildman–Crippen LogP) is 4.29. The molecule has 1 aromatic rings. The third kappa shape index (κ3) is 5.85. The van der Waals surface area contributed by atoms with Crippen LogP contribution in [0.2, 0.25) is 0 Å². The summed E-state index contributed by atoms with van der Waals surface area (Å²) >= 11 is 0. The number of halogens is 6. The molecule has 0 spiro atoms. The summed E-state index contributed by atoms with van der Waals surface area (Å²) in [6.45, 7) is 1.64. The zero-order valence-corrected chi connectivity index (χ0v) is 14.1. The van der Waals surface area contributed by atoms with E-state index >= 15 is 0 Å². The van der Waals surface area contributed by atoms with Crippen LogP contribution in [0.4, 0.5) is 32.0 Å². The van der Waals surface area contributed by atoms with E-state index in [1.807, 2.05) is 11.0 Å². The van der Waals surface area contributed by atoms with Crippen LogP contribution in [0.25, 0.3) is 0 Å². The number of nitrogens with zero attached hydrogens (tertiary/aromatic N) is 2. The number of rotatable bonds is 4. The van der Waals surface area contributed by atoms with Crippen LogP contribution in [0.3, 0.4) is 0 Å². The van der Waals surface area contributed by atoms with Crippen molar-refractivity contribution in [3.63, 3.8) is 0 Å². The highest BCUT2D eigenvalue weighted by atomic mass is 19.4. The van der Waals surface area contributed by atoms with E-state index in [0.29, 0.717) is 51.0 Å². The summed E-state index contributed by atoms with van der Waals surface area (Å²) in [6.07, 6.45) is -8.74. The molecular weight excluding hydrogens is 376 g/mol. The molecule has 0 aromatic heterocycles. The number of carbonyl (C=O) groups excluding carboxylic acids is 1. The second kappa shape index (κ2) is 8.17. The topological polar surface area (TPSA) is 56.1 Å². The summed E-state index contributed by atoms with van der Waals surface area (Å²) in [5.41, 5.74) is -3.48. The number of piperidine rings is 1. The first-order valence-electron chi connectivity index (χ1n) is 8.20. The van der Waals surface area contributed by atoms with Gasteiger partial charge in [0, 0.05) is 24.6 Å². The van der Waals surface area contributed by atoms with Crippen LogP contribution in [-0.2, 0) is 17.1 Å². The minimum absolute atomic E-state index is 0.0172. The van der Waals surface area contributed by atoms with Crippen molar-refractivity contribution in [2.24, 2.45) is 5.92 Å². The van der Waals surface area contributed by atoms with Crippen LogP contribution in [0, 0.1) is 17.2 Å². The van der Waals surface area contributed by atoms with E-state index in [1.165, 1.54) is 0 Å². The third-order valence-electron chi connectivity index (χ3n) is 4.35. The van der Waals surface area contributed by atoms with E-state index in [9.17, 15) is 31.1 Å². The summed E-state index contributed by atoms with van der Waals surface area (Å²) in [4.78, 5) is 14.3. The first kappa shape index (κ1) is 21.0. The van der Waals surface area contributed by atoms with Crippen LogP contribution in [0.5, 0.6) is 0 Å². The van der Waals surface area contributed by atoms with Crippen molar-refractivity contribution in [3.05, 3.63) is 29.3 Å². The smallest absolute Gasteiger partial charge is 0.326 e. The quantitative estimate of drug-likeness (QED) is 0.777. The van der Waals surface area contributed by atoms with Crippen molar-refractivity contribution >= 4 is 11.6 Å². The monoisotopic (exact) mass is 393 g/mol. The highest BCUT2D eigenvalue weighted by Crippen LogP contribution is 2.37. The minimum atomic E-state index is -4.97. The van der Waals surface area contributed by atoms with Gasteiger partial charge in [-0.1, -0.05) is 0 Å². The Hall–Kier alpha value is -2.28. The summed E-state index contributed by atoms with van der Waals surface area (Å²) in [6, 6.07) is 3.02. The molecule has 0 bridgehead atoms. The highest BCUT2D eigenvalue weighted by Gasteiger charge is 2.37. The Morgan fingerprint density at radius 1 is 1.07 bits per heavy atom. The van der Waals surface area contributed by atoms with E-state index in [2.05, 4.69) is 5.32 Å². The Kier molecular flexibility index (Phi) is 6.36. The Labute approximate surface area is 151 Å². The minimum Gasteiger partial charge on any atom is -0.326 e. The molecule has 1 saturated heterocycles. The molecule has 0 unspecified atom stereocenters. The van der Waals surface area contributed by atoms with Gasteiger partial charge >= 0.3 is 12.4 Å². The average molecular weight is 393 g/mol. The van der Waals surface area contributed by atoms with E-state index in [-0.39, 0.29) is 6.07 Å². The number of hydrogen-bond donors (Lipinski definition) is 1. The molecular formula is C17H17F6N3O. The number of alkyl halides is 6. The van der Waals surface area contributed by atoms with Crippen LogP contribution in [0.15, 0.2) is 18.2 Å². The van der Waals surface area contributed by atoms with Gasteiger partial charge in [0.15, 0.2) is 0 Å². The molecule has 1 heterocycles. The second-order valence-electron chi connectivity index (χ2n) is 6.31. The van der Waals surface area contributed by atoms with Gasteiger partial charge in [-0.05, 0) is 44.1 Å². The van der Waals surface area contributed by atoms with Gasteiger partial charge in [0.25, 0.3) is 0 Å². The van der Waals surface area contributed by atoms with Crippen LogP contribution >= 0.6 is 0 Å². The summed E-state index contributed by atoms with van der Waals surface area (Å²) in [5, 5.41) is 10.7. The lowest BCUT2D eigenvalue weighted by Gasteiger charge is -2.30. The molecule has 0 atom stereocenters. The first-order valence-corrected chi connectivity index (χ1v) is 8.20. The highest BCUT2D eigenvalue weighted by molar-refractivity contribution is 5.92. The zero-order chi connectivity index (χ0) is 20.2. The Balaban J connectivity index is 2.10. The van der Waals surface area contributed by atoms with Gasteiger partial charge in [-0.25, -0.2) is 0 Å². The molecule has 2 rings (SSSR count). The van der Waals surface area contributed by atoms with E-state index < -0.39 is 41.0 Å². The standard InChI is InChI=1S/C17H17F6N3O/c18-16(19,20)12-8-13(17(21,22)23)10-14(9-12)25-15(27)11-2-6-26(7-3-11)5-1-4-24/h8-11H,1-3,5-7H2,(H,25,27). The maximum Gasteiger partial charge on any atom is 0.416 e. The van der Waals surface area contributed by atoms with Crippen LogP contribution in [-0.4, -0.2) is 30.4 Å². The lowest BCUT2D eigenvalue weighted by atomic mass is 9.95. The number of likely N-dealkylation sites (tertiary alicyclic amines) is 1. The molecule has 1 aromatic carbocycles. The van der Waals surface area contributed by atoms with Gasteiger partial charge in [0.05, 0.1) is 17.2 Å². The van der Waals surface area contributed by atoms with Crippen molar-refractivity contribution in [2.45, 2.75) is 31.6 Å². The normalized spacial score (nSPS) is 16.8. The first-order chi connectivity index (χ1) is 12.5. The van der Waals surface area contributed by atoms with Gasteiger partial charge in [0.1, 0.15) is 0 Å². The largest absolute Gasteiger partial charge is 0.416 e. The van der Waals surface area contributed by atoms with E-state index in [4.69, 9.17) is 5.26 Å². The van der Waals surface area contributed by atoms with Crippen molar-refractivity contribution in [3.8, 4) is 6.07 Å². The molecule has 10 heteroatoms. The zero-order valence-electron chi connectivity index (χ0n) is 14.1. The van der Waals surface area contributed by atoms with Gasteiger partial charge < -0.3 is 10.2 Å². The number of anilines is 1. The predicted molar refractivity (Wildman–Crippen MR) is 84.5 cm³/mol. The van der Waals surface area contributed by atoms with Gasteiger partial charge in [-0.15, -0.1) is 0 Å². The Morgan fingerprint density at radius 2 is 1.59 bits per heavy atom. The molecule has 4 nitrogen and oxygen atoms in total. The van der Waals surface area contributed by atoms with Crippen LogP contribution in [0.1, 0.15) is 30.4 Å². The number of hydrogen-bond acceptors (Lipinski definition) is 3. The molecule has 1 N–H and O–H groups in total. The van der Waals surface area contributed by atoms with Crippen LogP contribution < -0.4 is 5.32 Å². The molecule has 0 saturated carbocycles. The maximum absolute atomic E-state index is 12.9. The fourth-order valence-corrected chi connectivity index (χ4v) is 2.90. The molecule has 27 heavy (non-hydrogen) atoms. The molecule has 1 aliphatic heterocycles. The summed E-state index contributed by atoms with van der Waals surface area (Å²) in [5.74, 6) is -1.12. The fraction of sp³-hybridized carbons (Fsp3) is 0.529. The number of carbonyl (C=O) groups is 1. The molecule has 148 valence electrons. The number of amides is 1. The van der Waals surface area contributed by atoms with Gasteiger partial charge in [0.2, 0.25) is 5.91 Å². The van der Waals surface area contributed by atoms with E-state index in [1.54, 1.807) is 0 Å². The van der Waals surface area contributed by atoms with E-state index in [0.717, 1.165) is 0 Å². The van der Waals surface area contributed by atoms with Gasteiger partial charge in [-0.2, -0.15) is 31.6 Å². The molecule has 1 amide bonds. The molecule has 0 radical (unpaired) electrons. The number of nitriles is 1. The van der Waals surface area contributed by atoms with Crippen molar-refractivity contribution in [1.82, 2.24) is 4.90 Å². The Bertz CT molecular complexity index is 683. The van der Waals surface area contributed by atoms with Crippen molar-refractivity contribution in [2.75, 3.05) is 25.0 Å². The van der Waals surface area contributed by atoms with Crippen molar-refractivity contribution in [1.29, 1.82) is 5.26 Å². The Morgan fingerprint density at radius 3 is 2.04 bits per heavy atom. The third-order valence-corrected chi connectivity index (χ3v) is 4.35. The number of benzene rings is 1. The SMILES string of the molecule is N#CCCN1CCC(C(=O)Nc2cc(C(F)(F)F)cc(C(F)(F)F)c2)CC1.